The van der Waals surface area contributed by atoms with Gasteiger partial charge in [-0.05, 0) is 59.2 Å². The second-order valence-corrected chi connectivity index (χ2v) is 8.24. The van der Waals surface area contributed by atoms with Gasteiger partial charge in [0, 0.05) is 10.5 Å². The second kappa shape index (κ2) is 6.51. The van der Waals surface area contributed by atoms with Gasteiger partial charge in [0.2, 0.25) is 0 Å². The summed E-state index contributed by atoms with van der Waals surface area (Å²) >= 11 is 3.49. The minimum atomic E-state index is -1.02. The predicted octanol–water partition coefficient (Wildman–Crippen LogP) is 3.71. The van der Waals surface area contributed by atoms with Crippen molar-refractivity contribution in [2.45, 2.75) is 49.3 Å². The van der Waals surface area contributed by atoms with Gasteiger partial charge in [0.15, 0.2) is 0 Å². The quantitative estimate of drug-likeness (QED) is 0.908. The molecule has 0 amide bonds. The van der Waals surface area contributed by atoms with Crippen molar-refractivity contribution in [3.8, 4) is 0 Å². The van der Waals surface area contributed by atoms with Gasteiger partial charge in [0.05, 0.1) is 20.9 Å². The van der Waals surface area contributed by atoms with E-state index in [9.17, 15) is 4.21 Å². The Kier molecular flexibility index (Phi) is 5.21. The number of hydrogen-bond donors (Lipinski definition) is 1. The first kappa shape index (κ1) is 15.2. The molecular formula is C15H22BrNOS. The SMILES string of the molecule is CC(C)C1CCC(N)C(S(=O)c2ccccc2Br)C1. The van der Waals surface area contributed by atoms with Crippen molar-refractivity contribution in [3.05, 3.63) is 28.7 Å². The number of hydrogen-bond acceptors (Lipinski definition) is 2. The van der Waals surface area contributed by atoms with Crippen LogP contribution in [0, 0.1) is 11.8 Å². The molecule has 1 aromatic rings. The fraction of sp³-hybridized carbons (Fsp3) is 0.600. The molecule has 2 nitrogen and oxygen atoms in total. The molecule has 1 aliphatic carbocycles. The maximum atomic E-state index is 12.8. The van der Waals surface area contributed by atoms with E-state index in [-0.39, 0.29) is 11.3 Å². The van der Waals surface area contributed by atoms with Gasteiger partial charge in [-0.3, -0.25) is 4.21 Å². The molecule has 1 fully saturated rings. The van der Waals surface area contributed by atoms with E-state index in [0.717, 1.165) is 22.2 Å². The van der Waals surface area contributed by atoms with Crippen molar-refractivity contribution in [3.63, 3.8) is 0 Å². The molecular weight excluding hydrogens is 322 g/mol. The zero-order valence-electron chi connectivity index (χ0n) is 11.5. The third-order valence-corrected chi connectivity index (χ3v) is 6.99. The highest BCUT2D eigenvalue weighted by Gasteiger charge is 2.34. The fourth-order valence-corrected chi connectivity index (χ4v) is 5.24. The Balaban J connectivity index is 2.19. The maximum Gasteiger partial charge on any atom is 0.0588 e. The van der Waals surface area contributed by atoms with E-state index in [0.29, 0.717) is 11.8 Å². The summed E-state index contributed by atoms with van der Waals surface area (Å²) in [6.45, 7) is 4.50. The Bertz CT molecular complexity index is 463. The summed E-state index contributed by atoms with van der Waals surface area (Å²) in [4.78, 5) is 0.882. The molecule has 106 valence electrons. The monoisotopic (exact) mass is 343 g/mol. The molecule has 19 heavy (non-hydrogen) atoms. The lowest BCUT2D eigenvalue weighted by Gasteiger charge is -2.35. The Morgan fingerprint density at radius 3 is 2.63 bits per heavy atom. The lowest BCUT2D eigenvalue weighted by atomic mass is 9.79. The normalized spacial score (nSPS) is 29.4. The minimum Gasteiger partial charge on any atom is -0.327 e. The predicted molar refractivity (Wildman–Crippen MR) is 84.5 cm³/mol. The molecule has 4 unspecified atom stereocenters. The molecule has 0 spiro atoms. The van der Waals surface area contributed by atoms with Crippen LogP contribution in [0.4, 0.5) is 0 Å². The van der Waals surface area contributed by atoms with E-state index in [4.69, 9.17) is 5.73 Å². The number of halogens is 1. The molecule has 0 saturated heterocycles. The molecule has 1 aromatic carbocycles. The third kappa shape index (κ3) is 3.47. The highest BCUT2D eigenvalue weighted by atomic mass is 79.9. The Labute approximate surface area is 126 Å². The summed E-state index contributed by atoms with van der Waals surface area (Å²) in [5, 5.41) is 0.0832. The average Bonchev–Trinajstić information content (AvgIpc) is 2.38. The Hall–Kier alpha value is -0.190. The van der Waals surface area contributed by atoms with Crippen molar-refractivity contribution in [1.82, 2.24) is 0 Å². The fourth-order valence-electron chi connectivity index (χ4n) is 2.81. The van der Waals surface area contributed by atoms with Gasteiger partial charge < -0.3 is 5.73 Å². The van der Waals surface area contributed by atoms with Crippen molar-refractivity contribution < 1.29 is 4.21 Å². The molecule has 2 rings (SSSR count). The van der Waals surface area contributed by atoms with E-state index in [1.54, 1.807) is 0 Å². The molecule has 4 heteroatoms. The van der Waals surface area contributed by atoms with Crippen molar-refractivity contribution in [2.24, 2.45) is 17.6 Å². The minimum absolute atomic E-state index is 0.0583. The molecule has 0 aliphatic heterocycles. The van der Waals surface area contributed by atoms with Crippen LogP contribution >= 0.6 is 15.9 Å². The third-order valence-electron chi connectivity index (χ3n) is 4.15. The number of benzene rings is 1. The summed E-state index contributed by atoms with van der Waals surface area (Å²) in [7, 11) is -1.02. The van der Waals surface area contributed by atoms with Crippen molar-refractivity contribution >= 4 is 26.7 Å². The largest absolute Gasteiger partial charge is 0.327 e. The molecule has 0 radical (unpaired) electrons. The van der Waals surface area contributed by atoms with Crippen LogP contribution in [-0.4, -0.2) is 15.5 Å². The zero-order chi connectivity index (χ0) is 14.0. The summed E-state index contributed by atoms with van der Waals surface area (Å²) in [6, 6.07) is 7.82. The van der Waals surface area contributed by atoms with Gasteiger partial charge in [0.25, 0.3) is 0 Å². The molecule has 0 heterocycles. The molecule has 2 N–H and O–H groups in total. The van der Waals surface area contributed by atoms with Crippen molar-refractivity contribution in [2.75, 3.05) is 0 Å². The first-order valence-corrected chi connectivity index (χ1v) is 8.92. The lowest BCUT2D eigenvalue weighted by molar-refractivity contribution is 0.264. The maximum absolute atomic E-state index is 12.8. The van der Waals surface area contributed by atoms with Gasteiger partial charge in [0.1, 0.15) is 0 Å². The van der Waals surface area contributed by atoms with E-state index in [1.807, 2.05) is 24.3 Å². The van der Waals surface area contributed by atoms with Crippen LogP contribution in [0.2, 0.25) is 0 Å². The molecule has 0 bridgehead atoms. The van der Waals surface area contributed by atoms with Crippen LogP contribution in [0.5, 0.6) is 0 Å². The average molecular weight is 344 g/mol. The number of rotatable bonds is 3. The van der Waals surface area contributed by atoms with Crippen molar-refractivity contribution in [1.29, 1.82) is 0 Å². The second-order valence-electron chi connectivity index (χ2n) is 5.75. The molecule has 1 aliphatic rings. The topological polar surface area (TPSA) is 43.1 Å². The summed E-state index contributed by atoms with van der Waals surface area (Å²) < 4.78 is 13.7. The van der Waals surface area contributed by atoms with Gasteiger partial charge in [-0.1, -0.05) is 26.0 Å². The molecule has 0 aromatic heterocycles. The van der Waals surface area contributed by atoms with E-state index >= 15 is 0 Å². The first-order chi connectivity index (χ1) is 9.00. The lowest BCUT2D eigenvalue weighted by Crippen LogP contribution is -2.43. The smallest absolute Gasteiger partial charge is 0.0588 e. The van der Waals surface area contributed by atoms with E-state index in [2.05, 4.69) is 29.8 Å². The van der Waals surface area contributed by atoms with Gasteiger partial charge in [-0.25, -0.2) is 0 Å². The van der Waals surface area contributed by atoms with E-state index in [1.165, 1.54) is 6.42 Å². The van der Waals surface area contributed by atoms with E-state index < -0.39 is 10.8 Å². The van der Waals surface area contributed by atoms with Gasteiger partial charge >= 0.3 is 0 Å². The van der Waals surface area contributed by atoms with Crippen LogP contribution in [0.3, 0.4) is 0 Å². The molecule has 4 atom stereocenters. The number of nitrogens with two attached hydrogens (primary N) is 1. The standard InChI is InChI=1S/C15H22BrNOS/c1-10(2)11-7-8-13(17)15(9-11)19(18)14-6-4-3-5-12(14)16/h3-6,10-11,13,15H,7-9,17H2,1-2H3. The summed E-state index contributed by atoms with van der Waals surface area (Å²) in [5.74, 6) is 1.29. The van der Waals surface area contributed by atoms with Crippen LogP contribution in [0.1, 0.15) is 33.1 Å². The Morgan fingerprint density at radius 1 is 1.32 bits per heavy atom. The summed E-state index contributed by atoms with van der Waals surface area (Å²) in [6.07, 6.45) is 3.14. The van der Waals surface area contributed by atoms with Crippen LogP contribution in [-0.2, 0) is 10.8 Å². The Morgan fingerprint density at radius 2 is 2.00 bits per heavy atom. The summed E-state index contributed by atoms with van der Waals surface area (Å²) in [5.41, 5.74) is 6.22. The zero-order valence-corrected chi connectivity index (χ0v) is 13.9. The highest BCUT2D eigenvalue weighted by Crippen LogP contribution is 2.34. The van der Waals surface area contributed by atoms with Crippen LogP contribution in [0.25, 0.3) is 0 Å². The van der Waals surface area contributed by atoms with Crippen LogP contribution < -0.4 is 5.73 Å². The van der Waals surface area contributed by atoms with Gasteiger partial charge in [-0.2, -0.15) is 0 Å². The van der Waals surface area contributed by atoms with Gasteiger partial charge in [-0.15, -0.1) is 0 Å². The molecule has 1 saturated carbocycles. The first-order valence-electron chi connectivity index (χ1n) is 6.91. The highest BCUT2D eigenvalue weighted by molar-refractivity contribution is 9.10. The van der Waals surface area contributed by atoms with Crippen LogP contribution in [0.15, 0.2) is 33.6 Å².